The van der Waals surface area contributed by atoms with Gasteiger partial charge in [-0.2, -0.15) is 0 Å². The van der Waals surface area contributed by atoms with Crippen molar-refractivity contribution in [3.05, 3.63) is 0 Å². The van der Waals surface area contributed by atoms with Crippen molar-refractivity contribution in [1.82, 2.24) is 0 Å². The molecule has 0 heterocycles. The summed E-state index contributed by atoms with van der Waals surface area (Å²) in [6.07, 6.45) is 0. The molecule has 3 nitrogen and oxygen atoms in total. The minimum absolute atomic E-state index is 0. The predicted molar refractivity (Wildman–Crippen MR) is 53.0 cm³/mol. The number of amides is 1. The van der Waals surface area contributed by atoms with E-state index in [0.29, 0.717) is 0 Å². The van der Waals surface area contributed by atoms with Crippen LogP contribution in [0.3, 0.4) is 0 Å². The minimum atomic E-state index is -0.333. The molecule has 6 heteroatoms. The molecular formula is C3H10I2N2OY. The first-order valence-electron chi connectivity index (χ1n) is 1.71. The van der Waals surface area contributed by atoms with E-state index in [1.807, 2.05) is 0 Å². The van der Waals surface area contributed by atoms with E-state index in [2.05, 4.69) is 48.7 Å². The summed E-state index contributed by atoms with van der Waals surface area (Å²) in [6.45, 7) is 1.31. The maximum atomic E-state index is 9.22. The minimum Gasteiger partial charge on any atom is -0.370 e. The average Bonchev–Trinajstić information content (AvgIpc) is 1.75. The zero-order valence-corrected chi connectivity index (χ0v) is 12.5. The van der Waals surface area contributed by atoms with Crippen molar-refractivity contribution in [2.45, 2.75) is 6.92 Å². The van der Waals surface area contributed by atoms with Crippen LogP contribution in [0.15, 0.2) is 0 Å². The fourth-order valence-corrected chi connectivity index (χ4v) is 0. The smallest absolute Gasteiger partial charge is 0.214 e. The summed E-state index contributed by atoms with van der Waals surface area (Å²) in [7, 11) is 1.50. The molecule has 0 unspecified atom stereocenters. The molecule has 0 spiro atoms. The fraction of sp³-hybridized carbons (Fsp3) is 0.667. The topological polar surface area (TPSA) is 69.1 Å². The molecule has 1 radical (unpaired) electrons. The molecule has 0 aromatic carbocycles. The number of nitrogens with two attached hydrogens (primary N) is 2. The molecule has 9 heavy (non-hydrogen) atoms. The van der Waals surface area contributed by atoms with Crippen molar-refractivity contribution >= 4 is 43.1 Å². The van der Waals surface area contributed by atoms with Crippen molar-refractivity contribution in [1.29, 1.82) is 0 Å². The van der Waals surface area contributed by atoms with Gasteiger partial charge in [0.15, 0.2) is 0 Å². The molecule has 0 saturated carbocycles. The summed E-state index contributed by atoms with van der Waals surface area (Å²) < 4.78 is 0. The van der Waals surface area contributed by atoms with Crippen LogP contribution in [0.4, 0.5) is 0 Å². The summed E-state index contributed by atoms with van der Waals surface area (Å²) in [5, 5.41) is 0. The molecule has 0 aliphatic carbocycles. The van der Waals surface area contributed by atoms with E-state index in [9.17, 15) is 4.79 Å². The number of rotatable bonds is 0. The molecule has 0 fully saturated rings. The molecule has 0 saturated heterocycles. The van der Waals surface area contributed by atoms with Gasteiger partial charge in [-0.3, -0.25) is 4.79 Å². The molecule has 55 valence electrons. The molecule has 0 aromatic rings. The third-order valence-electron chi connectivity index (χ3n) is 0. The van der Waals surface area contributed by atoms with Gasteiger partial charge in [0.1, 0.15) is 0 Å². The van der Waals surface area contributed by atoms with E-state index in [4.69, 9.17) is 0 Å². The number of hydrogen-bond acceptors (Lipinski definition) is 2. The van der Waals surface area contributed by atoms with Gasteiger partial charge in [-0.15, -0.1) is 0 Å². The Morgan fingerprint density at radius 3 is 1.33 bits per heavy atom. The Hall–Kier alpha value is 1.99. The van der Waals surface area contributed by atoms with Crippen LogP contribution in [0.25, 0.3) is 0 Å². The van der Waals surface area contributed by atoms with Crippen LogP contribution in [0.1, 0.15) is 6.92 Å². The van der Waals surface area contributed by atoms with Crippen LogP contribution in [-0.2, 0) is 37.5 Å². The second-order valence-corrected chi connectivity index (χ2v) is 0.611. The van der Waals surface area contributed by atoms with Crippen LogP contribution >= 0.6 is 37.2 Å². The molecular weight excluding hydrogens is 423 g/mol. The monoisotopic (exact) mass is 433 g/mol. The van der Waals surface area contributed by atoms with Crippen LogP contribution in [0.2, 0.25) is 0 Å². The standard InChI is InChI=1S/C2H5NO.CH5N.I2.Y/c1-2(3)4;2*1-2;/h1H3,(H2,3,4);2H2,1H3;;. The third kappa shape index (κ3) is 161. The molecule has 0 bridgehead atoms. The summed E-state index contributed by atoms with van der Waals surface area (Å²) in [5.41, 5.74) is 8.97. The van der Waals surface area contributed by atoms with Gasteiger partial charge >= 0.3 is 0 Å². The van der Waals surface area contributed by atoms with E-state index in [1.165, 1.54) is 14.0 Å². The van der Waals surface area contributed by atoms with Gasteiger partial charge in [-0.05, 0) is 7.05 Å². The Kier molecular flexibility index (Phi) is 80.9. The number of primary amides is 1. The normalized spacial score (nSPS) is 4.11. The van der Waals surface area contributed by atoms with Crippen LogP contribution in [-0.4, -0.2) is 13.0 Å². The van der Waals surface area contributed by atoms with E-state index < -0.39 is 0 Å². The third-order valence-corrected chi connectivity index (χ3v) is 0. The Balaban J connectivity index is -0.0000000221. The number of hydrogen-bond donors (Lipinski definition) is 2. The fourth-order valence-electron chi connectivity index (χ4n) is 0. The van der Waals surface area contributed by atoms with Gasteiger partial charge < -0.3 is 11.5 Å². The van der Waals surface area contributed by atoms with Crippen molar-refractivity contribution < 1.29 is 37.5 Å². The first-order valence-corrected chi connectivity index (χ1v) is 8.00. The van der Waals surface area contributed by atoms with E-state index >= 15 is 0 Å². The van der Waals surface area contributed by atoms with Gasteiger partial charge in [0.25, 0.3) is 0 Å². The second kappa shape index (κ2) is 32.4. The zero-order chi connectivity index (χ0) is 7.58. The van der Waals surface area contributed by atoms with E-state index in [1.54, 1.807) is 0 Å². The molecule has 1 amide bonds. The van der Waals surface area contributed by atoms with Gasteiger partial charge in [0.05, 0.1) is 0 Å². The molecule has 0 aromatic heterocycles. The summed E-state index contributed by atoms with van der Waals surface area (Å²) in [4.78, 5) is 9.22. The van der Waals surface area contributed by atoms with E-state index in [-0.39, 0.29) is 38.6 Å². The van der Waals surface area contributed by atoms with Gasteiger partial charge in [0.2, 0.25) is 5.91 Å². The Bertz CT molecular complexity index is 42.8. The maximum absolute atomic E-state index is 9.22. The Labute approximate surface area is 104 Å². The number of carbonyl (C=O) groups excluding carboxylic acids is 1. The Morgan fingerprint density at radius 1 is 1.33 bits per heavy atom. The van der Waals surface area contributed by atoms with Crippen molar-refractivity contribution in [2.24, 2.45) is 11.5 Å². The van der Waals surface area contributed by atoms with Gasteiger partial charge in [0, 0.05) is 76.9 Å². The first-order chi connectivity index (χ1) is 3.73. The molecule has 0 rings (SSSR count). The summed E-state index contributed by atoms with van der Waals surface area (Å²) in [6, 6.07) is 0. The zero-order valence-electron chi connectivity index (χ0n) is 5.40. The Morgan fingerprint density at radius 2 is 1.33 bits per heavy atom. The largest absolute Gasteiger partial charge is 0.370 e. The van der Waals surface area contributed by atoms with Crippen molar-refractivity contribution in [3.8, 4) is 0 Å². The number of carbonyl (C=O) groups is 1. The first kappa shape index (κ1) is 22.4. The van der Waals surface area contributed by atoms with Crippen molar-refractivity contribution in [3.63, 3.8) is 0 Å². The molecule has 0 aliphatic rings. The van der Waals surface area contributed by atoms with E-state index in [0.717, 1.165) is 0 Å². The van der Waals surface area contributed by atoms with Gasteiger partial charge in [-0.25, -0.2) is 0 Å². The molecule has 4 N–H and O–H groups in total. The quantitative estimate of drug-likeness (QED) is 0.557. The summed E-state index contributed by atoms with van der Waals surface area (Å²) >= 11 is 4.24. The molecule has 0 atom stereocenters. The van der Waals surface area contributed by atoms with Gasteiger partial charge in [-0.1, -0.05) is 0 Å². The predicted octanol–water partition coefficient (Wildman–Crippen LogP) is 0.835. The maximum Gasteiger partial charge on any atom is 0.214 e. The van der Waals surface area contributed by atoms with Crippen LogP contribution in [0.5, 0.6) is 0 Å². The van der Waals surface area contributed by atoms with Crippen molar-refractivity contribution in [2.75, 3.05) is 7.05 Å². The molecule has 0 aliphatic heterocycles. The summed E-state index contributed by atoms with van der Waals surface area (Å²) in [5.74, 6) is -0.333. The average molecular weight is 433 g/mol. The SMILES string of the molecule is CC(N)=O.CN.II.[Y]. The van der Waals surface area contributed by atoms with Crippen LogP contribution < -0.4 is 11.5 Å². The van der Waals surface area contributed by atoms with Crippen LogP contribution in [0, 0.1) is 0 Å². The number of halogens is 2. The second-order valence-electron chi connectivity index (χ2n) is 0.611.